The third-order valence-corrected chi connectivity index (χ3v) is 2.91. The maximum Gasteiger partial charge on any atom is 0.276 e. The van der Waals surface area contributed by atoms with Gasteiger partial charge in [0.2, 0.25) is 0 Å². The topological polar surface area (TPSA) is 72.1 Å². The number of nitrogens with two attached hydrogens (primary N) is 1. The van der Waals surface area contributed by atoms with E-state index >= 15 is 0 Å². The number of nitrogens with zero attached hydrogens (tertiary/aromatic N) is 3. The standard InChI is InChI=1S/C12H11BrN4O/c1-17(11-4-5-15-7-9(11)14)12(18)10-3-2-8(13)6-16-10/h2-7H,14H2,1H3. The molecule has 92 valence electrons. The minimum atomic E-state index is -0.222. The second-order valence-electron chi connectivity index (χ2n) is 3.66. The van der Waals surface area contributed by atoms with E-state index in [1.54, 1.807) is 37.6 Å². The summed E-state index contributed by atoms with van der Waals surface area (Å²) in [6, 6.07) is 5.11. The Bertz CT molecular complexity index is 571. The van der Waals surface area contributed by atoms with Gasteiger partial charge >= 0.3 is 0 Å². The molecule has 2 aromatic rings. The molecule has 0 aliphatic rings. The predicted molar refractivity (Wildman–Crippen MR) is 73.3 cm³/mol. The highest BCUT2D eigenvalue weighted by Gasteiger charge is 2.16. The maximum atomic E-state index is 12.2. The lowest BCUT2D eigenvalue weighted by atomic mass is 10.2. The highest BCUT2D eigenvalue weighted by Crippen LogP contribution is 2.21. The second kappa shape index (κ2) is 5.14. The molecule has 0 fully saturated rings. The van der Waals surface area contributed by atoms with Crippen LogP contribution >= 0.6 is 15.9 Å². The number of hydrogen-bond acceptors (Lipinski definition) is 4. The first-order valence-corrected chi connectivity index (χ1v) is 5.98. The molecule has 0 bridgehead atoms. The number of nitrogen functional groups attached to an aromatic ring is 1. The first kappa shape index (κ1) is 12.5. The van der Waals surface area contributed by atoms with Crippen LogP contribution in [0.15, 0.2) is 41.3 Å². The summed E-state index contributed by atoms with van der Waals surface area (Å²) in [7, 11) is 1.65. The summed E-state index contributed by atoms with van der Waals surface area (Å²) in [6.07, 6.45) is 4.68. The quantitative estimate of drug-likeness (QED) is 0.922. The Kier molecular flexibility index (Phi) is 3.57. The van der Waals surface area contributed by atoms with Crippen molar-refractivity contribution < 1.29 is 4.79 Å². The number of rotatable bonds is 2. The molecule has 0 aromatic carbocycles. The van der Waals surface area contributed by atoms with E-state index in [2.05, 4.69) is 25.9 Å². The van der Waals surface area contributed by atoms with Gasteiger partial charge in [0.1, 0.15) is 5.69 Å². The van der Waals surface area contributed by atoms with Crippen LogP contribution in [0.1, 0.15) is 10.5 Å². The zero-order chi connectivity index (χ0) is 13.1. The summed E-state index contributed by atoms with van der Waals surface area (Å²) in [5.41, 5.74) is 7.20. The van der Waals surface area contributed by atoms with Gasteiger partial charge in [-0.2, -0.15) is 0 Å². The summed E-state index contributed by atoms with van der Waals surface area (Å²) in [4.78, 5) is 21.6. The summed E-state index contributed by atoms with van der Waals surface area (Å²) < 4.78 is 0.824. The van der Waals surface area contributed by atoms with Gasteiger partial charge in [-0.15, -0.1) is 0 Å². The van der Waals surface area contributed by atoms with Crippen molar-refractivity contribution >= 4 is 33.2 Å². The normalized spacial score (nSPS) is 10.1. The van der Waals surface area contributed by atoms with Crippen LogP contribution in [0.4, 0.5) is 11.4 Å². The van der Waals surface area contributed by atoms with Gasteiger partial charge in [0.25, 0.3) is 5.91 Å². The van der Waals surface area contributed by atoms with E-state index in [4.69, 9.17) is 5.73 Å². The van der Waals surface area contributed by atoms with Gasteiger partial charge in [-0.3, -0.25) is 9.78 Å². The maximum absolute atomic E-state index is 12.2. The van der Waals surface area contributed by atoms with Crippen LogP contribution in [-0.2, 0) is 0 Å². The molecule has 0 spiro atoms. The van der Waals surface area contributed by atoms with E-state index in [1.165, 1.54) is 11.1 Å². The monoisotopic (exact) mass is 306 g/mol. The largest absolute Gasteiger partial charge is 0.396 e. The number of anilines is 2. The van der Waals surface area contributed by atoms with Crippen LogP contribution in [0.5, 0.6) is 0 Å². The van der Waals surface area contributed by atoms with Crippen molar-refractivity contribution in [1.82, 2.24) is 9.97 Å². The van der Waals surface area contributed by atoms with Crippen molar-refractivity contribution in [3.05, 3.63) is 47.0 Å². The van der Waals surface area contributed by atoms with E-state index in [0.717, 1.165) is 4.47 Å². The molecule has 6 heteroatoms. The molecule has 0 aliphatic heterocycles. The SMILES string of the molecule is CN(C(=O)c1ccc(Br)cn1)c1ccncc1N. The lowest BCUT2D eigenvalue weighted by molar-refractivity contribution is 0.0988. The summed E-state index contributed by atoms with van der Waals surface area (Å²) >= 11 is 3.27. The second-order valence-corrected chi connectivity index (χ2v) is 4.58. The number of carbonyl (C=O) groups excluding carboxylic acids is 1. The first-order valence-electron chi connectivity index (χ1n) is 5.18. The molecule has 0 atom stereocenters. The smallest absolute Gasteiger partial charge is 0.276 e. The Labute approximate surface area is 113 Å². The van der Waals surface area contributed by atoms with Crippen molar-refractivity contribution in [3.8, 4) is 0 Å². The summed E-state index contributed by atoms with van der Waals surface area (Å²) in [5, 5.41) is 0. The van der Waals surface area contributed by atoms with E-state index in [1.807, 2.05) is 0 Å². The molecule has 2 rings (SSSR count). The lowest BCUT2D eigenvalue weighted by Gasteiger charge is -2.18. The van der Waals surface area contributed by atoms with Gasteiger partial charge in [-0.1, -0.05) is 0 Å². The average Bonchev–Trinajstić information content (AvgIpc) is 2.38. The Balaban J connectivity index is 2.29. The number of amides is 1. The van der Waals surface area contributed by atoms with Crippen LogP contribution < -0.4 is 10.6 Å². The molecule has 5 nitrogen and oxygen atoms in total. The van der Waals surface area contributed by atoms with Crippen LogP contribution in [0.3, 0.4) is 0 Å². The van der Waals surface area contributed by atoms with E-state index in [-0.39, 0.29) is 5.91 Å². The summed E-state index contributed by atoms with van der Waals surface area (Å²) in [6.45, 7) is 0. The fourth-order valence-electron chi connectivity index (χ4n) is 1.49. The van der Waals surface area contributed by atoms with Crippen molar-refractivity contribution in [2.45, 2.75) is 0 Å². The van der Waals surface area contributed by atoms with Crippen LogP contribution in [0, 0.1) is 0 Å². The first-order chi connectivity index (χ1) is 8.59. The lowest BCUT2D eigenvalue weighted by Crippen LogP contribution is -2.27. The Hall–Kier alpha value is -1.95. The highest BCUT2D eigenvalue weighted by atomic mass is 79.9. The fraction of sp³-hybridized carbons (Fsp3) is 0.0833. The Morgan fingerprint density at radius 1 is 1.33 bits per heavy atom. The number of hydrogen-bond donors (Lipinski definition) is 1. The van der Waals surface area contributed by atoms with Crippen molar-refractivity contribution in [1.29, 1.82) is 0 Å². The predicted octanol–water partition coefficient (Wildman–Crippen LogP) is 2.10. The van der Waals surface area contributed by atoms with Gasteiger partial charge in [0, 0.05) is 23.9 Å². The molecule has 1 amide bonds. The average molecular weight is 307 g/mol. The van der Waals surface area contributed by atoms with E-state index in [9.17, 15) is 4.79 Å². The van der Waals surface area contributed by atoms with Crippen LogP contribution in [-0.4, -0.2) is 22.9 Å². The third kappa shape index (κ3) is 2.48. The van der Waals surface area contributed by atoms with E-state index in [0.29, 0.717) is 17.1 Å². The van der Waals surface area contributed by atoms with Gasteiger partial charge < -0.3 is 10.6 Å². The fourth-order valence-corrected chi connectivity index (χ4v) is 1.72. The van der Waals surface area contributed by atoms with Gasteiger partial charge in [0.15, 0.2) is 0 Å². The number of carbonyl (C=O) groups is 1. The van der Waals surface area contributed by atoms with Gasteiger partial charge in [-0.25, -0.2) is 4.98 Å². The van der Waals surface area contributed by atoms with Crippen molar-refractivity contribution in [3.63, 3.8) is 0 Å². The molecular formula is C12H11BrN4O. The molecule has 0 aliphatic carbocycles. The highest BCUT2D eigenvalue weighted by molar-refractivity contribution is 9.10. The molecule has 0 unspecified atom stereocenters. The number of aromatic nitrogens is 2. The van der Waals surface area contributed by atoms with Crippen LogP contribution in [0.25, 0.3) is 0 Å². The Morgan fingerprint density at radius 2 is 2.11 bits per heavy atom. The molecule has 0 saturated heterocycles. The minimum absolute atomic E-state index is 0.222. The summed E-state index contributed by atoms with van der Waals surface area (Å²) in [5.74, 6) is -0.222. The molecule has 2 aromatic heterocycles. The van der Waals surface area contributed by atoms with E-state index < -0.39 is 0 Å². The molecular weight excluding hydrogens is 296 g/mol. The molecule has 18 heavy (non-hydrogen) atoms. The van der Waals surface area contributed by atoms with Crippen molar-refractivity contribution in [2.24, 2.45) is 0 Å². The number of pyridine rings is 2. The number of halogens is 1. The van der Waals surface area contributed by atoms with Gasteiger partial charge in [0.05, 0.1) is 17.6 Å². The molecule has 2 N–H and O–H groups in total. The third-order valence-electron chi connectivity index (χ3n) is 2.44. The van der Waals surface area contributed by atoms with Crippen molar-refractivity contribution in [2.75, 3.05) is 17.7 Å². The Morgan fingerprint density at radius 3 is 2.72 bits per heavy atom. The zero-order valence-corrected chi connectivity index (χ0v) is 11.3. The minimum Gasteiger partial charge on any atom is -0.396 e. The van der Waals surface area contributed by atoms with Gasteiger partial charge in [-0.05, 0) is 34.1 Å². The molecule has 0 saturated carbocycles. The molecule has 2 heterocycles. The van der Waals surface area contributed by atoms with Crippen LogP contribution in [0.2, 0.25) is 0 Å². The zero-order valence-electron chi connectivity index (χ0n) is 9.67. The molecule has 0 radical (unpaired) electrons.